The SMILES string of the molecule is C=C(F)c1nc2c3cnn(CCN4CCN(c5ccc(COCO)cc5)CC4)c3nc(N)n2n1. The Morgan fingerprint density at radius 1 is 1.09 bits per heavy atom. The lowest BCUT2D eigenvalue weighted by Crippen LogP contribution is -2.47. The molecule has 1 saturated heterocycles. The minimum absolute atomic E-state index is 0.111. The van der Waals surface area contributed by atoms with Crippen molar-refractivity contribution in [3.63, 3.8) is 0 Å². The molecule has 4 heterocycles. The van der Waals surface area contributed by atoms with Crippen LogP contribution in [0.1, 0.15) is 11.4 Å². The van der Waals surface area contributed by atoms with Crippen molar-refractivity contribution in [1.82, 2.24) is 34.3 Å². The summed E-state index contributed by atoms with van der Waals surface area (Å²) in [7, 11) is 0. The molecule has 0 saturated carbocycles. The molecule has 0 bridgehead atoms. The number of piperazine rings is 1. The maximum Gasteiger partial charge on any atom is 0.225 e. The van der Waals surface area contributed by atoms with Crippen molar-refractivity contribution in [2.24, 2.45) is 0 Å². The molecule has 1 aliphatic rings. The van der Waals surface area contributed by atoms with Crippen molar-refractivity contribution < 1.29 is 14.2 Å². The van der Waals surface area contributed by atoms with E-state index in [1.54, 1.807) is 10.9 Å². The number of hydrogen-bond donors (Lipinski definition) is 2. The van der Waals surface area contributed by atoms with Gasteiger partial charge in [-0.3, -0.25) is 4.90 Å². The maximum absolute atomic E-state index is 13.5. The molecule has 0 aliphatic carbocycles. The van der Waals surface area contributed by atoms with E-state index >= 15 is 0 Å². The molecule has 178 valence electrons. The largest absolute Gasteiger partial charge is 0.371 e. The number of anilines is 2. The zero-order valence-corrected chi connectivity index (χ0v) is 18.6. The summed E-state index contributed by atoms with van der Waals surface area (Å²) in [6.45, 7) is 8.54. The van der Waals surface area contributed by atoms with Gasteiger partial charge in [-0.1, -0.05) is 18.7 Å². The molecular weight excluding hydrogens is 441 g/mol. The van der Waals surface area contributed by atoms with Gasteiger partial charge in [-0.15, -0.1) is 5.10 Å². The lowest BCUT2D eigenvalue weighted by molar-refractivity contribution is -0.0112. The van der Waals surface area contributed by atoms with E-state index in [0.29, 0.717) is 29.8 Å². The van der Waals surface area contributed by atoms with E-state index in [0.717, 1.165) is 38.3 Å². The fraction of sp³-hybridized carbons (Fsp3) is 0.364. The summed E-state index contributed by atoms with van der Waals surface area (Å²) in [4.78, 5) is 13.4. The van der Waals surface area contributed by atoms with E-state index < -0.39 is 5.83 Å². The molecule has 3 N–H and O–H groups in total. The van der Waals surface area contributed by atoms with Crippen molar-refractivity contribution in [1.29, 1.82) is 0 Å². The molecule has 0 unspecified atom stereocenters. The van der Waals surface area contributed by atoms with E-state index in [1.807, 2.05) is 12.1 Å². The first-order chi connectivity index (χ1) is 16.5. The average Bonchev–Trinajstić information content (AvgIpc) is 3.47. The van der Waals surface area contributed by atoms with E-state index in [9.17, 15) is 4.39 Å². The number of benzene rings is 1. The van der Waals surface area contributed by atoms with Gasteiger partial charge in [0.25, 0.3) is 0 Å². The smallest absolute Gasteiger partial charge is 0.225 e. The second-order valence-corrected chi connectivity index (χ2v) is 8.12. The Kier molecular flexibility index (Phi) is 6.09. The molecular formula is C22H26FN9O2. The van der Waals surface area contributed by atoms with Crippen LogP contribution in [0.15, 0.2) is 37.0 Å². The van der Waals surface area contributed by atoms with Gasteiger partial charge in [-0.2, -0.15) is 14.6 Å². The van der Waals surface area contributed by atoms with E-state index in [1.165, 1.54) is 10.2 Å². The number of nitrogen functional groups attached to an aromatic ring is 1. The van der Waals surface area contributed by atoms with Crippen LogP contribution >= 0.6 is 0 Å². The number of nitrogens with zero attached hydrogens (tertiary/aromatic N) is 8. The maximum atomic E-state index is 13.5. The van der Waals surface area contributed by atoms with Gasteiger partial charge in [0, 0.05) is 38.4 Å². The molecule has 0 amide bonds. The Bertz CT molecular complexity index is 1310. The third-order valence-corrected chi connectivity index (χ3v) is 6.00. The highest BCUT2D eigenvalue weighted by atomic mass is 19.1. The van der Waals surface area contributed by atoms with Crippen molar-refractivity contribution in [3.05, 3.63) is 48.4 Å². The van der Waals surface area contributed by atoms with Crippen molar-refractivity contribution >= 4 is 34.1 Å². The lowest BCUT2D eigenvalue weighted by atomic mass is 10.2. The molecule has 1 aromatic carbocycles. The van der Waals surface area contributed by atoms with Crippen molar-refractivity contribution in [2.45, 2.75) is 13.2 Å². The predicted octanol–water partition coefficient (Wildman–Crippen LogP) is 1.28. The van der Waals surface area contributed by atoms with Gasteiger partial charge >= 0.3 is 0 Å². The van der Waals surface area contributed by atoms with Crippen LogP contribution in [0.5, 0.6) is 0 Å². The standard InChI is InChI=1S/C22H26FN9O2/c1-15(23)19-26-21-18-12-25-31(20(18)27-22(24)32(21)28-19)11-8-29-6-9-30(10-7-29)17-4-2-16(3-5-17)13-34-14-33/h2-5,12,33H,1,6-11,13-14H2,(H2,24,27). The Morgan fingerprint density at radius 2 is 1.85 bits per heavy atom. The number of ether oxygens (including phenoxy) is 1. The number of aromatic nitrogens is 6. The first-order valence-corrected chi connectivity index (χ1v) is 11.0. The molecule has 4 aromatic rings. The number of hydrogen-bond acceptors (Lipinski definition) is 9. The van der Waals surface area contributed by atoms with E-state index in [-0.39, 0.29) is 18.6 Å². The Morgan fingerprint density at radius 3 is 2.56 bits per heavy atom. The molecule has 1 aliphatic heterocycles. The van der Waals surface area contributed by atoms with E-state index in [4.69, 9.17) is 15.6 Å². The first kappa shape index (κ1) is 22.2. The highest BCUT2D eigenvalue weighted by Crippen LogP contribution is 2.22. The van der Waals surface area contributed by atoms with Gasteiger partial charge in [0.15, 0.2) is 17.1 Å². The number of rotatable bonds is 8. The highest BCUT2D eigenvalue weighted by molar-refractivity contribution is 5.90. The summed E-state index contributed by atoms with van der Waals surface area (Å²) in [6, 6.07) is 8.23. The molecule has 34 heavy (non-hydrogen) atoms. The minimum Gasteiger partial charge on any atom is -0.371 e. The summed E-state index contributed by atoms with van der Waals surface area (Å²) in [5.74, 6) is -0.721. The number of fused-ring (bicyclic) bond motifs is 3. The summed E-state index contributed by atoms with van der Waals surface area (Å²) >= 11 is 0. The quantitative estimate of drug-likeness (QED) is 0.369. The predicted molar refractivity (Wildman–Crippen MR) is 126 cm³/mol. The number of nitrogens with two attached hydrogens (primary N) is 1. The molecule has 11 nitrogen and oxygen atoms in total. The van der Waals surface area contributed by atoms with Gasteiger partial charge in [0.2, 0.25) is 11.8 Å². The highest BCUT2D eigenvalue weighted by Gasteiger charge is 2.19. The van der Waals surface area contributed by atoms with Crippen LogP contribution in [-0.2, 0) is 17.9 Å². The zero-order valence-electron chi connectivity index (χ0n) is 18.6. The van der Waals surface area contributed by atoms with Crippen LogP contribution in [0, 0.1) is 0 Å². The fourth-order valence-corrected chi connectivity index (χ4v) is 4.17. The Labute approximate surface area is 194 Å². The molecule has 0 atom stereocenters. The molecule has 5 rings (SSSR count). The van der Waals surface area contributed by atoms with Gasteiger partial charge in [0.1, 0.15) is 6.79 Å². The molecule has 1 fully saturated rings. The van der Waals surface area contributed by atoms with Gasteiger partial charge in [0.05, 0.1) is 24.7 Å². The first-order valence-electron chi connectivity index (χ1n) is 11.0. The molecule has 0 spiro atoms. The van der Waals surface area contributed by atoms with Crippen LogP contribution in [0.25, 0.3) is 22.5 Å². The number of aliphatic hydroxyl groups excluding tert-OH is 1. The van der Waals surface area contributed by atoms with Crippen molar-refractivity contribution in [2.75, 3.05) is 50.2 Å². The average molecular weight is 468 g/mol. The van der Waals surface area contributed by atoms with Crippen LogP contribution in [0.4, 0.5) is 16.0 Å². The Balaban J connectivity index is 1.21. The second kappa shape index (κ2) is 9.33. The Hall–Kier alpha value is -3.61. The van der Waals surface area contributed by atoms with Crippen LogP contribution < -0.4 is 10.6 Å². The third-order valence-electron chi connectivity index (χ3n) is 6.00. The summed E-state index contributed by atoms with van der Waals surface area (Å²) in [6.07, 6.45) is 1.66. The third kappa shape index (κ3) is 4.30. The van der Waals surface area contributed by atoms with Gasteiger partial charge < -0.3 is 20.5 Å². The van der Waals surface area contributed by atoms with Crippen LogP contribution in [0.2, 0.25) is 0 Å². The fourth-order valence-electron chi connectivity index (χ4n) is 4.17. The van der Waals surface area contributed by atoms with Crippen LogP contribution in [-0.4, -0.2) is 78.9 Å². The normalized spacial score (nSPS) is 14.9. The number of aliphatic hydroxyl groups is 1. The van der Waals surface area contributed by atoms with Gasteiger partial charge in [-0.25, -0.2) is 14.1 Å². The summed E-state index contributed by atoms with van der Waals surface area (Å²) in [5, 5.41) is 17.9. The van der Waals surface area contributed by atoms with Gasteiger partial charge in [-0.05, 0) is 17.7 Å². The zero-order chi connectivity index (χ0) is 23.7. The molecule has 12 heteroatoms. The summed E-state index contributed by atoms with van der Waals surface area (Å²) < 4.78 is 21.6. The summed E-state index contributed by atoms with van der Waals surface area (Å²) in [5.41, 5.74) is 9.24. The number of halogens is 1. The lowest BCUT2D eigenvalue weighted by Gasteiger charge is -2.36. The minimum atomic E-state index is -0.727. The topological polar surface area (TPSA) is 123 Å². The van der Waals surface area contributed by atoms with Crippen molar-refractivity contribution in [3.8, 4) is 0 Å². The van der Waals surface area contributed by atoms with Crippen LogP contribution in [0.3, 0.4) is 0 Å². The molecule has 0 radical (unpaired) electrons. The van der Waals surface area contributed by atoms with E-state index in [2.05, 4.69) is 48.7 Å². The second-order valence-electron chi connectivity index (χ2n) is 8.12. The molecule has 3 aromatic heterocycles. The monoisotopic (exact) mass is 467 g/mol.